The molecule has 1 heterocycles. The number of aliphatic hydroxyl groups excluding tert-OH is 1. The van der Waals surface area contributed by atoms with Crippen LogP contribution in [-0.2, 0) is 6.61 Å². The molecule has 2 rings (SSSR count). The van der Waals surface area contributed by atoms with Gasteiger partial charge >= 0.3 is 0 Å². The molecule has 0 aliphatic carbocycles. The SMILES string of the molecule is C=NN(CF)N[C@@H](C)N=C(c1nccnc1N)N(C=N)c1ccc(CO)cc1. The van der Waals surface area contributed by atoms with Gasteiger partial charge in [-0.2, -0.15) is 15.6 Å². The van der Waals surface area contributed by atoms with Gasteiger partial charge in [-0.15, -0.1) is 0 Å². The zero-order chi connectivity index (χ0) is 20.5. The van der Waals surface area contributed by atoms with Gasteiger partial charge in [-0.25, -0.2) is 19.4 Å². The molecule has 0 spiro atoms. The molecular formula is C17H22FN9O. The van der Waals surface area contributed by atoms with Crippen molar-refractivity contribution >= 4 is 30.4 Å². The molecule has 0 unspecified atom stereocenters. The highest BCUT2D eigenvalue weighted by Gasteiger charge is 2.20. The topological polar surface area (TPSA) is 139 Å². The van der Waals surface area contributed by atoms with Gasteiger partial charge in [0.2, 0.25) is 0 Å². The summed E-state index contributed by atoms with van der Waals surface area (Å²) in [6.45, 7) is 3.93. The van der Waals surface area contributed by atoms with Crippen LogP contribution in [0.3, 0.4) is 0 Å². The number of hydrogen-bond donors (Lipinski definition) is 4. The summed E-state index contributed by atoms with van der Waals surface area (Å²) < 4.78 is 12.9. The first-order chi connectivity index (χ1) is 13.5. The zero-order valence-electron chi connectivity index (χ0n) is 15.3. The van der Waals surface area contributed by atoms with Crippen LogP contribution in [0.4, 0.5) is 15.9 Å². The number of amidine groups is 1. The Bertz CT molecular complexity index is 828. The Balaban J connectivity index is 2.49. The van der Waals surface area contributed by atoms with Crippen molar-refractivity contribution in [3.8, 4) is 0 Å². The van der Waals surface area contributed by atoms with Gasteiger partial charge in [0, 0.05) is 24.8 Å². The van der Waals surface area contributed by atoms with Crippen molar-refractivity contribution in [2.75, 3.05) is 17.4 Å². The highest BCUT2D eigenvalue weighted by atomic mass is 19.1. The normalized spacial score (nSPS) is 12.3. The minimum Gasteiger partial charge on any atom is -0.392 e. The molecule has 11 heteroatoms. The maximum absolute atomic E-state index is 12.9. The van der Waals surface area contributed by atoms with Gasteiger partial charge in [0.05, 0.1) is 12.9 Å². The molecule has 1 aromatic heterocycles. The molecule has 1 aromatic carbocycles. The van der Waals surface area contributed by atoms with Crippen molar-refractivity contribution < 1.29 is 9.50 Å². The molecule has 0 fully saturated rings. The number of halogens is 1. The molecular weight excluding hydrogens is 365 g/mol. The Morgan fingerprint density at radius 1 is 1.39 bits per heavy atom. The number of aliphatic hydroxyl groups is 1. The lowest BCUT2D eigenvalue weighted by molar-refractivity contribution is 0.110. The smallest absolute Gasteiger partial charge is 0.193 e. The van der Waals surface area contributed by atoms with Crippen LogP contribution >= 0.6 is 0 Å². The third-order valence-electron chi connectivity index (χ3n) is 3.63. The zero-order valence-corrected chi connectivity index (χ0v) is 15.3. The quantitative estimate of drug-likeness (QED) is 0.219. The highest BCUT2D eigenvalue weighted by Crippen LogP contribution is 2.19. The fraction of sp³-hybridized carbons (Fsp3) is 0.235. The molecule has 5 N–H and O–H groups in total. The molecule has 0 aliphatic heterocycles. The first-order valence-electron chi connectivity index (χ1n) is 8.24. The van der Waals surface area contributed by atoms with Crippen LogP contribution in [0.5, 0.6) is 0 Å². The fourth-order valence-electron chi connectivity index (χ4n) is 2.32. The standard InChI is InChI=1S/C17H22FN9O/c1-12(25-27(10-18)21-2)24-17(15-16(20)23-8-7-22-15)26(11-19)14-5-3-13(9-28)4-6-14/h3-8,11-12,19,25,28H,2,9-10H2,1H3,(H2,20,23)/t12-/m0/s1. The van der Waals surface area contributed by atoms with Crippen LogP contribution in [0.2, 0.25) is 0 Å². The van der Waals surface area contributed by atoms with Gasteiger partial charge in [0.25, 0.3) is 0 Å². The van der Waals surface area contributed by atoms with E-state index in [9.17, 15) is 9.50 Å². The minimum atomic E-state index is -0.900. The second-order valence-corrected chi connectivity index (χ2v) is 5.53. The van der Waals surface area contributed by atoms with E-state index in [-0.39, 0.29) is 24.0 Å². The Morgan fingerprint density at radius 3 is 2.61 bits per heavy atom. The molecule has 0 aliphatic rings. The number of anilines is 2. The molecule has 0 bridgehead atoms. The number of rotatable bonds is 9. The Morgan fingerprint density at radius 2 is 2.07 bits per heavy atom. The van der Waals surface area contributed by atoms with E-state index in [0.29, 0.717) is 5.69 Å². The number of nitrogen functional groups attached to an aromatic ring is 1. The molecule has 28 heavy (non-hydrogen) atoms. The summed E-state index contributed by atoms with van der Waals surface area (Å²) in [7, 11) is 0. The van der Waals surface area contributed by atoms with E-state index in [0.717, 1.165) is 17.0 Å². The van der Waals surface area contributed by atoms with Gasteiger partial charge in [0.1, 0.15) is 11.9 Å². The van der Waals surface area contributed by atoms with Crippen molar-refractivity contribution in [2.45, 2.75) is 19.7 Å². The number of hydrogen-bond acceptors (Lipinski definition) is 9. The summed E-state index contributed by atoms with van der Waals surface area (Å²) in [5, 5.41) is 21.5. The van der Waals surface area contributed by atoms with E-state index in [2.05, 4.69) is 32.2 Å². The van der Waals surface area contributed by atoms with Crippen molar-refractivity contribution in [1.82, 2.24) is 20.5 Å². The maximum Gasteiger partial charge on any atom is 0.193 e. The fourth-order valence-corrected chi connectivity index (χ4v) is 2.32. The molecule has 0 radical (unpaired) electrons. The summed E-state index contributed by atoms with van der Waals surface area (Å²) in [6.07, 6.45) is 3.29. The monoisotopic (exact) mass is 387 g/mol. The Labute approximate surface area is 161 Å². The average molecular weight is 387 g/mol. The lowest BCUT2D eigenvalue weighted by Crippen LogP contribution is -2.41. The molecule has 1 atom stereocenters. The number of alkyl halides is 1. The number of nitrogens with two attached hydrogens (primary N) is 1. The van der Waals surface area contributed by atoms with Crippen molar-refractivity contribution in [2.24, 2.45) is 10.1 Å². The minimum absolute atomic E-state index is 0.0997. The van der Waals surface area contributed by atoms with Gasteiger partial charge in [-0.1, -0.05) is 12.1 Å². The number of hydrazone groups is 1. The average Bonchev–Trinajstić information content (AvgIpc) is 2.72. The van der Waals surface area contributed by atoms with E-state index < -0.39 is 13.0 Å². The summed E-state index contributed by atoms with van der Waals surface area (Å²) in [5.74, 6) is 0.344. The lowest BCUT2D eigenvalue weighted by atomic mass is 10.2. The Kier molecular flexibility index (Phi) is 7.48. The molecule has 2 aromatic rings. The second-order valence-electron chi connectivity index (χ2n) is 5.53. The predicted molar refractivity (Wildman–Crippen MR) is 107 cm³/mol. The van der Waals surface area contributed by atoms with Crippen LogP contribution in [0.1, 0.15) is 18.2 Å². The van der Waals surface area contributed by atoms with Crippen molar-refractivity contribution in [1.29, 1.82) is 5.41 Å². The number of aliphatic imine (C=N–C) groups is 1. The van der Waals surface area contributed by atoms with E-state index >= 15 is 0 Å². The maximum atomic E-state index is 12.9. The van der Waals surface area contributed by atoms with Crippen LogP contribution in [0, 0.1) is 5.41 Å². The first-order valence-corrected chi connectivity index (χ1v) is 8.24. The van der Waals surface area contributed by atoms with Gasteiger partial charge < -0.3 is 10.8 Å². The summed E-state index contributed by atoms with van der Waals surface area (Å²) in [4.78, 5) is 14.2. The van der Waals surface area contributed by atoms with Gasteiger partial charge in [0.15, 0.2) is 18.5 Å². The third kappa shape index (κ3) is 5.05. The van der Waals surface area contributed by atoms with Crippen LogP contribution < -0.4 is 16.1 Å². The van der Waals surface area contributed by atoms with E-state index in [1.165, 1.54) is 17.3 Å². The largest absolute Gasteiger partial charge is 0.392 e. The number of nitrogens with zero attached hydrogens (tertiary/aromatic N) is 6. The molecule has 0 amide bonds. The van der Waals surface area contributed by atoms with E-state index in [4.69, 9.17) is 11.1 Å². The van der Waals surface area contributed by atoms with Crippen LogP contribution in [-0.4, -0.2) is 52.0 Å². The summed E-state index contributed by atoms with van der Waals surface area (Å²) >= 11 is 0. The lowest BCUT2D eigenvalue weighted by Gasteiger charge is -2.24. The summed E-state index contributed by atoms with van der Waals surface area (Å²) in [6, 6.07) is 6.88. The van der Waals surface area contributed by atoms with Crippen LogP contribution in [0.15, 0.2) is 46.8 Å². The molecule has 10 nitrogen and oxygen atoms in total. The second kappa shape index (κ2) is 10.0. The van der Waals surface area contributed by atoms with Crippen molar-refractivity contribution in [3.63, 3.8) is 0 Å². The van der Waals surface area contributed by atoms with Gasteiger partial charge in [-0.05, 0) is 24.6 Å². The highest BCUT2D eigenvalue weighted by molar-refractivity contribution is 6.19. The van der Waals surface area contributed by atoms with E-state index in [1.54, 1.807) is 31.2 Å². The Hall–Kier alpha value is -3.44. The number of aromatic nitrogens is 2. The number of benzene rings is 1. The number of hydrazine groups is 1. The van der Waals surface area contributed by atoms with Crippen molar-refractivity contribution in [3.05, 3.63) is 47.9 Å². The number of nitrogens with one attached hydrogen (secondary N) is 2. The third-order valence-corrected chi connectivity index (χ3v) is 3.63. The predicted octanol–water partition coefficient (Wildman–Crippen LogP) is 1.11. The van der Waals surface area contributed by atoms with Crippen LogP contribution in [0.25, 0.3) is 0 Å². The van der Waals surface area contributed by atoms with E-state index in [1.807, 2.05) is 0 Å². The molecule has 0 saturated heterocycles. The molecule has 0 saturated carbocycles. The van der Waals surface area contributed by atoms with Gasteiger partial charge in [-0.3, -0.25) is 10.3 Å². The molecule has 148 valence electrons. The summed E-state index contributed by atoms with van der Waals surface area (Å²) in [5.41, 5.74) is 10.2. The first kappa shape index (κ1) is 20.9.